The van der Waals surface area contributed by atoms with E-state index >= 15 is 0 Å². The van der Waals surface area contributed by atoms with E-state index in [1.807, 2.05) is 18.2 Å². The molecule has 3 rings (SSSR count). The van der Waals surface area contributed by atoms with Crippen molar-refractivity contribution in [3.63, 3.8) is 0 Å². The van der Waals surface area contributed by atoms with E-state index in [4.69, 9.17) is 4.74 Å². The number of rotatable bonds is 7. The highest BCUT2D eigenvalue weighted by Gasteiger charge is 2.36. The van der Waals surface area contributed by atoms with Gasteiger partial charge in [-0.3, -0.25) is 4.79 Å². The SMILES string of the molecule is CCCN1c2cc(F)c(/C=N/NC(=O)COc3ccc(Br)cc3Br)cc2C(C)CC1(C)C. The molecule has 0 radical (unpaired) electrons. The maximum Gasteiger partial charge on any atom is 0.277 e. The van der Waals surface area contributed by atoms with Crippen LogP contribution in [0.1, 0.15) is 57.6 Å². The third kappa shape index (κ3) is 5.70. The summed E-state index contributed by atoms with van der Waals surface area (Å²) >= 11 is 6.75. The van der Waals surface area contributed by atoms with Gasteiger partial charge in [0.2, 0.25) is 0 Å². The maximum absolute atomic E-state index is 14.9. The summed E-state index contributed by atoms with van der Waals surface area (Å²) in [7, 11) is 0. The Hall–Kier alpha value is -1.93. The lowest BCUT2D eigenvalue weighted by Crippen LogP contribution is -2.48. The summed E-state index contributed by atoms with van der Waals surface area (Å²) in [5.41, 5.74) is 4.78. The Bertz CT molecular complexity index is 1030. The largest absolute Gasteiger partial charge is 0.483 e. The van der Waals surface area contributed by atoms with Crippen molar-refractivity contribution in [2.24, 2.45) is 5.10 Å². The van der Waals surface area contributed by atoms with Crippen LogP contribution in [0.4, 0.5) is 10.1 Å². The lowest BCUT2D eigenvalue weighted by molar-refractivity contribution is -0.123. The highest BCUT2D eigenvalue weighted by atomic mass is 79.9. The van der Waals surface area contributed by atoms with Crippen LogP contribution >= 0.6 is 31.9 Å². The van der Waals surface area contributed by atoms with Crippen molar-refractivity contribution >= 4 is 49.7 Å². The molecule has 1 aliphatic heterocycles. The van der Waals surface area contributed by atoms with Crippen LogP contribution in [0.5, 0.6) is 5.75 Å². The maximum atomic E-state index is 14.9. The number of halogens is 3. The van der Waals surface area contributed by atoms with E-state index in [1.54, 1.807) is 12.1 Å². The Morgan fingerprint density at radius 1 is 1.34 bits per heavy atom. The Kier molecular flexibility index (Phi) is 7.98. The van der Waals surface area contributed by atoms with Crippen LogP contribution in [-0.2, 0) is 4.79 Å². The molecule has 1 unspecified atom stereocenters. The number of amides is 1. The first kappa shape index (κ1) is 24.7. The number of nitrogens with zero attached hydrogens (tertiary/aromatic N) is 2. The molecule has 8 heteroatoms. The molecule has 5 nitrogen and oxygen atoms in total. The first-order valence-corrected chi connectivity index (χ1v) is 12.2. The van der Waals surface area contributed by atoms with Gasteiger partial charge in [-0.1, -0.05) is 29.8 Å². The number of ether oxygens (including phenoxy) is 1. The van der Waals surface area contributed by atoms with E-state index in [1.165, 1.54) is 6.21 Å². The topological polar surface area (TPSA) is 53.9 Å². The molecule has 1 atom stereocenters. The summed E-state index contributed by atoms with van der Waals surface area (Å²) in [5.74, 6) is 0.0521. The average Bonchev–Trinajstić information content (AvgIpc) is 2.71. The fraction of sp³-hybridized carbons (Fsp3) is 0.417. The standard InChI is InChI=1S/C24H28Br2FN3O2/c1-5-8-30-21-11-20(27)16(9-18(21)15(2)12-24(30,3)4)13-28-29-23(31)14-32-22-7-6-17(25)10-19(22)26/h6-7,9-11,13,15H,5,8,12,14H2,1-4H3,(H,29,31)/b28-13+. The van der Waals surface area contributed by atoms with Crippen molar-refractivity contribution in [1.82, 2.24) is 5.43 Å². The van der Waals surface area contributed by atoms with Gasteiger partial charge < -0.3 is 9.64 Å². The molecule has 1 amide bonds. The normalized spacial score (nSPS) is 17.3. The van der Waals surface area contributed by atoms with E-state index < -0.39 is 5.91 Å². The molecule has 0 spiro atoms. The molecule has 0 bridgehead atoms. The molecule has 0 fully saturated rings. The van der Waals surface area contributed by atoms with Crippen LogP contribution in [0.15, 0.2) is 44.4 Å². The molecule has 1 aliphatic rings. The van der Waals surface area contributed by atoms with Gasteiger partial charge in [0.1, 0.15) is 11.6 Å². The first-order chi connectivity index (χ1) is 15.1. The molecule has 1 heterocycles. The number of fused-ring (bicyclic) bond motifs is 1. The Labute approximate surface area is 205 Å². The number of hydrazone groups is 1. The van der Waals surface area contributed by atoms with E-state index in [0.717, 1.165) is 39.6 Å². The summed E-state index contributed by atoms with van der Waals surface area (Å²) in [4.78, 5) is 14.4. The van der Waals surface area contributed by atoms with Crippen LogP contribution < -0.4 is 15.1 Å². The quantitative estimate of drug-likeness (QED) is 0.311. The van der Waals surface area contributed by atoms with Crippen molar-refractivity contribution in [1.29, 1.82) is 0 Å². The first-order valence-electron chi connectivity index (χ1n) is 10.6. The fourth-order valence-electron chi connectivity index (χ4n) is 4.21. The highest BCUT2D eigenvalue weighted by molar-refractivity contribution is 9.11. The van der Waals surface area contributed by atoms with Gasteiger partial charge in [0, 0.05) is 27.8 Å². The predicted octanol–water partition coefficient (Wildman–Crippen LogP) is 6.38. The third-order valence-corrected chi connectivity index (χ3v) is 6.71. The molecule has 172 valence electrons. The monoisotopic (exact) mass is 567 g/mol. The average molecular weight is 569 g/mol. The Balaban J connectivity index is 1.68. The summed E-state index contributed by atoms with van der Waals surface area (Å²) in [5, 5.41) is 3.93. The summed E-state index contributed by atoms with van der Waals surface area (Å²) < 4.78 is 22.0. The number of nitrogens with one attached hydrogen (secondary N) is 1. The minimum absolute atomic E-state index is 0.0255. The number of carbonyl (C=O) groups is 1. The molecule has 0 aliphatic carbocycles. The second-order valence-electron chi connectivity index (χ2n) is 8.66. The molecule has 2 aromatic carbocycles. The van der Waals surface area contributed by atoms with Crippen LogP contribution in [0, 0.1) is 5.82 Å². The van der Waals surface area contributed by atoms with E-state index in [-0.39, 0.29) is 18.0 Å². The molecular weight excluding hydrogens is 541 g/mol. The van der Waals surface area contributed by atoms with Gasteiger partial charge in [-0.2, -0.15) is 5.10 Å². The van der Waals surface area contributed by atoms with Crippen molar-refractivity contribution in [2.75, 3.05) is 18.1 Å². The summed E-state index contributed by atoms with van der Waals surface area (Å²) in [6.45, 7) is 9.39. The molecule has 0 saturated heterocycles. The van der Waals surface area contributed by atoms with Crippen LogP contribution in [0.25, 0.3) is 0 Å². The number of hydrogen-bond acceptors (Lipinski definition) is 4. The zero-order valence-electron chi connectivity index (χ0n) is 18.7. The van der Waals surface area contributed by atoms with Crippen LogP contribution in [0.3, 0.4) is 0 Å². The molecule has 0 saturated carbocycles. The minimum Gasteiger partial charge on any atom is -0.483 e. The zero-order chi connectivity index (χ0) is 23.5. The Morgan fingerprint density at radius 2 is 2.09 bits per heavy atom. The summed E-state index contributed by atoms with van der Waals surface area (Å²) in [6, 6.07) is 8.84. The van der Waals surface area contributed by atoms with Crippen molar-refractivity contribution in [2.45, 2.75) is 52.0 Å². The molecule has 0 aromatic heterocycles. The number of hydrogen-bond donors (Lipinski definition) is 1. The van der Waals surface area contributed by atoms with Gasteiger partial charge in [0.25, 0.3) is 5.91 Å². The van der Waals surface area contributed by atoms with Gasteiger partial charge in [-0.25, -0.2) is 9.82 Å². The van der Waals surface area contributed by atoms with E-state index in [0.29, 0.717) is 17.2 Å². The Morgan fingerprint density at radius 3 is 2.78 bits per heavy atom. The van der Waals surface area contributed by atoms with E-state index in [2.05, 4.69) is 75.0 Å². The molecule has 1 N–H and O–H groups in total. The molecule has 2 aromatic rings. The van der Waals surface area contributed by atoms with Gasteiger partial charge in [0.05, 0.1) is 10.7 Å². The second-order valence-corrected chi connectivity index (χ2v) is 10.4. The van der Waals surface area contributed by atoms with Gasteiger partial charge in [0.15, 0.2) is 6.61 Å². The summed E-state index contributed by atoms with van der Waals surface area (Å²) in [6.07, 6.45) is 3.33. The van der Waals surface area contributed by atoms with Crippen molar-refractivity contribution < 1.29 is 13.9 Å². The van der Waals surface area contributed by atoms with Crippen LogP contribution in [0.2, 0.25) is 0 Å². The highest BCUT2D eigenvalue weighted by Crippen LogP contribution is 2.44. The zero-order valence-corrected chi connectivity index (χ0v) is 21.9. The minimum atomic E-state index is -0.432. The van der Waals surface area contributed by atoms with Gasteiger partial charge >= 0.3 is 0 Å². The smallest absolute Gasteiger partial charge is 0.277 e. The van der Waals surface area contributed by atoms with Gasteiger partial charge in [-0.05, 0) is 84.4 Å². The number of anilines is 1. The molecule has 32 heavy (non-hydrogen) atoms. The molecular formula is C24H28Br2FN3O2. The number of carbonyl (C=O) groups excluding carboxylic acids is 1. The lowest BCUT2D eigenvalue weighted by Gasteiger charge is -2.47. The number of benzene rings is 2. The lowest BCUT2D eigenvalue weighted by atomic mass is 9.79. The van der Waals surface area contributed by atoms with Crippen molar-refractivity contribution in [3.8, 4) is 5.75 Å². The third-order valence-electron chi connectivity index (χ3n) is 5.60. The fourth-order valence-corrected chi connectivity index (χ4v) is 5.37. The van der Waals surface area contributed by atoms with E-state index in [9.17, 15) is 9.18 Å². The predicted molar refractivity (Wildman–Crippen MR) is 134 cm³/mol. The second kappa shape index (κ2) is 10.3. The van der Waals surface area contributed by atoms with Crippen LogP contribution in [-0.4, -0.2) is 30.8 Å². The van der Waals surface area contributed by atoms with Crippen molar-refractivity contribution in [3.05, 3.63) is 56.2 Å². The van der Waals surface area contributed by atoms with Gasteiger partial charge in [-0.15, -0.1) is 0 Å².